The first-order chi connectivity index (χ1) is 6.65. The number of ether oxygens (including phenoxy) is 1. The van der Waals surface area contributed by atoms with Crippen LogP contribution in [0.5, 0.6) is 0 Å². The quantitative estimate of drug-likeness (QED) is 0.627. The van der Waals surface area contributed by atoms with E-state index >= 15 is 0 Å². The van der Waals surface area contributed by atoms with E-state index in [0.717, 1.165) is 32.0 Å². The lowest BCUT2D eigenvalue weighted by atomic mass is 9.82. The van der Waals surface area contributed by atoms with Crippen LogP contribution in [0, 0.1) is 5.41 Å². The SMILES string of the molecule is COC(=O)C1(C)CCCN(C2CC2)C1. The minimum absolute atomic E-state index is 0.0390. The summed E-state index contributed by atoms with van der Waals surface area (Å²) in [5, 5.41) is 0. The van der Waals surface area contributed by atoms with Crippen LogP contribution in [0.25, 0.3) is 0 Å². The average Bonchev–Trinajstić information content (AvgIpc) is 3.00. The lowest BCUT2D eigenvalue weighted by Crippen LogP contribution is -2.47. The van der Waals surface area contributed by atoms with Crippen LogP contribution in [0.2, 0.25) is 0 Å². The maximum atomic E-state index is 11.6. The number of carbonyl (C=O) groups excluding carboxylic acids is 1. The Bertz CT molecular complexity index is 237. The summed E-state index contributed by atoms with van der Waals surface area (Å²) in [6.07, 6.45) is 4.74. The summed E-state index contributed by atoms with van der Waals surface area (Å²) in [7, 11) is 1.49. The van der Waals surface area contributed by atoms with Gasteiger partial charge in [0.25, 0.3) is 0 Å². The maximum Gasteiger partial charge on any atom is 0.312 e. The van der Waals surface area contributed by atoms with Crippen molar-refractivity contribution in [2.75, 3.05) is 20.2 Å². The van der Waals surface area contributed by atoms with Gasteiger partial charge in [0.05, 0.1) is 12.5 Å². The zero-order valence-electron chi connectivity index (χ0n) is 9.08. The summed E-state index contributed by atoms with van der Waals surface area (Å²) in [4.78, 5) is 14.1. The molecule has 0 spiro atoms. The molecule has 1 unspecified atom stereocenters. The molecular weight excluding hydrogens is 178 g/mol. The summed E-state index contributed by atoms with van der Waals surface area (Å²) in [6.45, 7) is 4.09. The molecule has 0 aromatic rings. The van der Waals surface area contributed by atoms with E-state index in [1.165, 1.54) is 20.0 Å². The maximum absolute atomic E-state index is 11.6. The summed E-state index contributed by atoms with van der Waals surface area (Å²) >= 11 is 0. The Morgan fingerprint density at radius 1 is 1.50 bits per heavy atom. The zero-order chi connectivity index (χ0) is 10.2. The van der Waals surface area contributed by atoms with Crippen LogP contribution in [-0.2, 0) is 9.53 Å². The van der Waals surface area contributed by atoms with E-state index in [2.05, 4.69) is 4.90 Å². The summed E-state index contributed by atoms with van der Waals surface area (Å²) in [5.74, 6) is -0.0390. The topological polar surface area (TPSA) is 29.5 Å². The molecule has 2 aliphatic rings. The van der Waals surface area contributed by atoms with E-state index < -0.39 is 0 Å². The molecule has 0 aromatic heterocycles. The average molecular weight is 197 g/mol. The molecule has 1 heterocycles. The van der Waals surface area contributed by atoms with Gasteiger partial charge >= 0.3 is 5.97 Å². The molecule has 2 rings (SSSR count). The highest BCUT2D eigenvalue weighted by Crippen LogP contribution is 2.36. The molecule has 3 nitrogen and oxygen atoms in total. The van der Waals surface area contributed by atoms with Crippen molar-refractivity contribution in [3.8, 4) is 0 Å². The van der Waals surface area contributed by atoms with Crippen molar-refractivity contribution in [3.05, 3.63) is 0 Å². The molecule has 1 aliphatic carbocycles. The van der Waals surface area contributed by atoms with E-state index in [4.69, 9.17) is 4.74 Å². The molecule has 1 saturated heterocycles. The van der Waals surface area contributed by atoms with Crippen LogP contribution in [0.1, 0.15) is 32.6 Å². The Balaban J connectivity index is 2.00. The first-order valence-corrected chi connectivity index (χ1v) is 5.48. The molecule has 0 N–H and O–H groups in total. The van der Waals surface area contributed by atoms with Crippen LogP contribution in [0.4, 0.5) is 0 Å². The highest BCUT2D eigenvalue weighted by Gasteiger charge is 2.42. The second-order valence-corrected chi connectivity index (χ2v) is 4.86. The predicted molar refractivity (Wildman–Crippen MR) is 54.0 cm³/mol. The van der Waals surface area contributed by atoms with Gasteiger partial charge in [-0.25, -0.2) is 0 Å². The van der Waals surface area contributed by atoms with Gasteiger partial charge in [-0.1, -0.05) is 0 Å². The van der Waals surface area contributed by atoms with Gasteiger partial charge in [-0.05, 0) is 39.2 Å². The van der Waals surface area contributed by atoms with Crippen LogP contribution >= 0.6 is 0 Å². The van der Waals surface area contributed by atoms with Gasteiger partial charge in [-0.15, -0.1) is 0 Å². The molecule has 2 fully saturated rings. The molecule has 1 aliphatic heterocycles. The van der Waals surface area contributed by atoms with Crippen LogP contribution in [-0.4, -0.2) is 37.1 Å². The summed E-state index contributed by atoms with van der Waals surface area (Å²) < 4.78 is 4.88. The standard InChI is InChI=1S/C11H19NO2/c1-11(10(13)14-2)6-3-7-12(8-11)9-4-5-9/h9H,3-8H2,1-2H3. The molecular formula is C11H19NO2. The largest absolute Gasteiger partial charge is 0.469 e. The fourth-order valence-electron chi connectivity index (χ4n) is 2.44. The van der Waals surface area contributed by atoms with Crippen LogP contribution in [0.3, 0.4) is 0 Å². The van der Waals surface area contributed by atoms with Gasteiger partial charge in [0, 0.05) is 12.6 Å². The van der Waals surface area contributed by atoms with Gasteiger partial charge in [-0.3, -0.25) is 9.69 Å². The second kappa shape index (κ2) is 3.54. The summed E-state index contributed by atoms with van der Waals surface area (Å²) in [6, 6.07) is 0.763. The van der Waals surface area contributed by atoms with Crippen molar-refractivity contribution in [1.29, 1.82) is 0 Å². The minimum atomic E-state index is -0.254. The Hall–Kier alpha value is -0.570. The lowest BCUT2D eigenvalue weighted by Gasteiger charge is -2.38. The number of hydrogen-bond donors (Lipinski definition) is 0. The van der Waals surface area contributed by atoms with E-state index in [-0.39, 0.29) is 11.4 Å². The Morgan fingerprint density at radius 3 is 2.79 bits per heavy atom. The number of nitrogens with zero attached hydrogens (tertiary/aromatic N) is 1. The smallest absolute Gasteiger partial charge is 0.312 e. The molecule has 0 amide bonds. The molecule has 0 aromatic carbocycles. The number of likely N-dealkylation sites (tertiary alicyclic amines) is 1. The van der Waals surface area contributed by atoms with Gasteiger partial charge in [-0.2, -0.15) is 0 Å². The Kier molecular flexibility index (Phi) is 2.52. The monoisotopic (exact) mass is 197 g/mol. The van der Waals surface area contributed by atoms with Crippen molar-refractivity contribution in [2.45, 2.75) is 38.6 Å². The molecule has 1 saturated carbocycles. The van der Waals surface area contributed by atoms with E-state index in [1.54, 1.807) is 0 Å². The van der Waals surface area contributed by atoms with E-state index in [1.807, 2.05) is 6.92 Å². The van der Waals surface area contributed by atoms with Crippen molar-refractivity contribution < 1.29 is 9.53 Å². The van der Waals surface area contributed by atoms with Crippen LogP contribution in [0.15, 0.2) is 0 Å². The first kappa shape index (κ1) is 9.97. The van der Waals surface area contributed by atoms with Crippen molar-refractivity contribution in [3.63, 3.8) is 0 Å². The number of esters is 1. The number of carbonyl (C=O) groups is 1. The third-order valence-corrected chi connectivity index (χ3v) is 3.47. The van der Waals surface area contributed by atoms with Crippen LogP contribution < -0.4 is 0 Å². The fraction of sp³-hybridized carbons (Fsp3) is 0.909. The van der Waals surface area contributed by atoms with Crippen molar-refractivity contribution >= 4 is 5.97 Å². The first-order valence-electron chi connectivity index (χ1n) is 5.48. The number of methoxy groups -OCH3 is 1. The predicted octanol–water partition coefficient (Wildman–Crippen LogP) is 1.42. The lowest BCUT2D eigenvalue weighted by molar-refractivity contribution is -0.155. The molecule has 3 heteroatoms. The van der Waals surface area contributed by atoms with Crippen molar-refractivity contribution in [2.24, 2.45) is 5.41 Å². The van der Waals surface area contributed by atoms with Gasteiger partial charge in [0.1, 0.15) is 0 Å². The molecule has 0 radical (unpaired) electrons. The molecule has 0 bridgehead atoms. The highest BCUT2D eigenvalue weighted by molar-refractivity contribution is 5.76. The zero-order valence-corrected chi connectivity index (χ0v) is 9.08. The van der Waals surface area contributed by atoms with Gasteiger partial charge in [0.15, 0.2) is 0 Å². The third kappa shape index (κ3) is 1.78. The fourth-order valence-corrected chi connectivity index (χ4v) is 2.44. The molecule has 14 heavy (non-hydrogen) atoms. The van der Waals surface area contributed by atoms with Crippen molar-refractivity contribution in [1.82, 2.24) is 4.90 Å². The number of piperidine rings is 1. The van der Waals surface area contributed by atoms with E-state index in [0.29, 0.717) is 0 Å². The molecule has 80 valence electrons. The summed E-state index contributed by atoms with van der Waals surface area (Å²) in [5.41, 5.74) is -0.254. The van der Waals surface area contributed by atoms with Gasteiger partial charge in [0.2, 0.25) is 0 Å². The third-order valence-electron chi connectivity index (χ3n) is 3.47. The Labute approximate surface area is 85.4 Å². The second-order valence-electron chi connectivity index (χ2n) is 4.86. The minimum Gasteiger partial charge on any atom is -0.469 e. The number of hydrogen-bond acceptors (Lipinski definition) is 3. The number of rotatable bonds is 2. The highest BCUT2D eigenvalue weighted by atomic mass is 16.5. The van der Waals surface area contributed by atoms with Gasteiger partial charge < -0.3 is 4.74 Å². The Morgan fingerprint density at radius 2 is 2.21 bits per heavy atom. The normalized spacial score (nSPS) is 34.1. The molecule has 1 atom stereocenters. The van der Waals surface area contributed by atoms with E-state index in [9.17, 15) is 4.79 Å².